The Morgan fingerprint density at radius 3 is 2.30 bits per heavy atom. The highest BCUT2D eigenvalue weighted by Crippen LogP contribution is 2.43. The minimum atomic E-state index is -1.78. The van der Waals surface area contributed by atoms with E-state index in [0.717, 1.165) is 28.8 Å². The van der Waals surface area contributed by atoms with Crippen LogP contribution in [0.5, 0.6) is 0 Å². The van der Waals surface area contributed by atoms with Gasteiger partial charge in [0.05, 0.1) is 23.2 Å². The highest BCUT2D eigenvalue weighted by molar-refractivity contribution is 9.10. The Labute approximate surface area is 177 Å². The molecule has 1 heterocycles. The summed E-state index contributed by atoms with van der Waals surface area (Å²) in [5.41, 5.74) is 2.95. The number of aromatic nitrogens is 1. The number of hydrogen-bond acceptors (Lipinski definition) is 4. The van der Waals surface area contributed by atoms with E-state index in [1.54, 1.807) is 0 Å². The topological polar surface area (TPSA) is 57.2 Å². The van der Waals surface area contributed by atoms with Crippen LogP contribution in [0.2, 0.25) is 18.1 Å². The van der Waals surface area contributed by atoms with E-state index in [4.69, 9.17) is 4.43 Å². The second kappa shape index (κ2) is 8.18. The lowest BCUT2D eigenvalue weighted by Gasteiger charge is -2.43. The second-order valence-corrected chi connectivity index (χ2v) is 17.3. The minimum absolute atomic E-state index is 0.202. The van der Waals surface area contributed by atoms with Crippen molar-refractivity contribution in [1.29, 1.82) is 0 Å². The van der Waals surface area contributed by atoms with Crippen LogP contribution < -0.4 is 4.72 Å². The first-order valence-electron chi connectivity index (χ1n) is 9.42. The van der Waals surface area contributed by atoms with Crippen molar-refractivity contribution in [3.05, 3.63) is 34.1 Å². The van der Waals surface area contributed by atoms with Crippen LogP contribution in [-0.4, -0.2) is 28.7 Å². The van der Waals surface area contributed by atoms with Crippen molar-refractivity contribution in [2.24, 2.45) is 0 Å². The summed E-state index contributed by atoms with van der Waals surface area (Å²) in [6, 6.07) is 5.82. The summed E-state index contributed by atoms with van der Waals surface area (Å²) in [6.45, 7) is 17.3. The second-order valence-electron chi connectivity index (χ2n) is 9.72. The van der Waals surface area contributed by atoms with E-state index in [-0.39, 0.29) is 15.9 Å². The van der Waals surface area contributed by atoms with Gasteiger partial charge in [0.15, 0.2) is 8.32 Å². The number of hydrogen-bond donors (Lipinski definition) is 1. The van der Waals surface area contributed by atoms with Gasteiger partial charge in [-0.25, -0.2) is 9.71 Å². The van der Waals surface area contributed by atoms with E-state index in [9.17, 15) is 4.55 Å². The summed E-state index contributed by atoms with van der Waals surface area (Å²) in [5.74, 6) is 0. The summed E-state index contributed by atoms with van der Waals surface area (Å²) in [7, 11) is -1.78. The lowest BCUT2D eigenvalue weighted by atomic mass is 9.86. The number of nitrogens with zero attached hydrogens (tertiary/aromatic N) is 1. The van der Waals surface area contributed by atoms with E-state index in [2.05, 4.69) is 59.5 Å². The lowest BCUT2D eigenvalue weighted by Crippen LogP contribution is -2.46. The van der Waals surface area contributed by atoms with Crippen LogP contribution in [0.3, 0.4) is 0 Å². The highest BCUT2D eigenvalue weighted by Gasteiger charge is 2.42. The van der Waals surface area contributed by atoms with Crippen molar-refractivity contribution in [2.45, 2.75) is 83.4 Å². The molecule has 1 fully saturated rings. The first-order valence-corrected chi connectivity index (χ1v) is 14.3. The molecule has 1 aromatic heterocycles. The standard InChI is InChI=1S/C20H33BrN2O2SSi/c1-19(2,3)26(24)23-18(16-10-9-11-17(21)22-16)14-12-15(13-14)25-27(7,8)20(4,5)6/h9-11,15,23H,12-13H2,1-8H3/t15?,26-/m1/s1. The molecule has 0 radical (unpaired) electrons. The van der Waals surface area contributed by atoms with Crippen molar-refractivity contribution < 1.29 is 8.98 Å². The zero-order valence-corrected chi connectivity index (χ0v) is 21.2. The Morgan fingerprint density at radius 2 is 1.81 bits per heavy atom. The van der Waals surface area contributed by atoms with Crippen LogP contribution in [0.15, 0.2) is 28.4 Å². The van der Waals surface area contributed by atoms with Gasteiger partial charge in [-0.3, -0.25) is 0 Å². The molecule has 2 rings (SSSR count). The van der Waals surface area contributed by atoms with Gasteiger partial charge in [-0.05, 0) is 85.4 Å². The van der Waals surface area contributed by atoms with E-state index < -0.39 is 19.7 Å². The first-order chi connectivity index (χ1) is 12.2. The third-order valence-electron chi connectivity index (χ3n) is 5.29. The molecular weight excluding hydrogens is 440 g/mol. The Bertz CT molecular complexity index is 703. The largest absolute Gasteiger partial charge is 0.593 e. The summed E-state index contributed by atoms with van der Waals surface area (Å²) in [4.78, 5) is 4.58. The molecular formula is C20H33BrN2O2SSi. The molecule has 0 spiro atoms. The van der Waals surface area contributed by atoms with Crippen LogP contribution >= 0.6 is 15.9 Å². The van der Waals surface area contributed by atoms with Crippen LogP contribution in [0, 0.1) is 0 Å². The summed E-state index contributed by atoms with van der Waals surface area (Å²) in [6.07, 6.45) is 1.97. The van der Waals surface area contributed by atoms with Gasteiger partial charge in [0.25, 0.3) is 0 Å². The maximum atomic E-state index is 12.7. The van der Waals surface area contributed by atoms with Gasteiger partial charge in [0, 0.05) is 0 Å². The lowest BCUT2D eigenvalue weighted by molar-refractivity contribution is 0.144. The fraction of sp³-hybridized carbons (Fsp3) is 0.650. The van der Waals surface area contributed by atoms with Crippen molar-refractivity contribution in [3.8, 4) is 0 Å². The summed E-state index contributed by atoms with van der Waals surface area (Å²) in [5, 5.41) is 0.202. The third-order valence-corrected chi connectivity index (χ3v) is 11.8. The predicted molar refractivity (Wildman–Crippen MR) is 121 cm³/mol. The Hall–Kier alpha value is -0.343. The van der Waals surface area contributed by atoms with Gasteiger partial charge < -0.3 is 8.98 Å². The predicted octanol–water partition coefficient (Wildman–Crippen LogP) is 5.79. The van der Waals surface area contributed by atoms with Crippen molar-refractivity contribution in [2.75, 3.05) is 0 Å². The molecule has 0 unspecified atom stereocenters. The van der Waals surface area contributed by atoms with Crippen molar-refractivity contribution >= 4 is 41.3 Å². The average molecular weight is 474 g/mol. The van der Waals surface area contributed by atoms with Crippen LogP contribution in [-0.2, 0) is 15.8 Å². The van der Waals surface area contributed by atoms with Crippen LogP contribution in [0.25, 0.3) is 5.70 Å². The molecule has 0 saturated heterocycles. The molecule has 1 atom stereocenters. The van der Waals surface area contributed by atoms with E-state index in [1.165, 1.54) is 5.57 Å². The van der Waals surface area contributed by atoms with Gasteiger partial charge in [-0.15, -0.1) is 0 Å². The Balaban J connectivity index is 2.23. The smallest absolute Gasteiger partial charge is 0.192 e. The van der Waals surface area contributed by atoms with E-state index in [0.29, 0.717) is 0 Å². The van der Waals surface area contributed by atoms with Crippen molar-refractivity contribution in [3.63, 3.8) is 0 Å². The zero-order chi connectivity index (χ0) is 20.6. The quantitative estimate of drug-likeness (QED) is 0.334. The highest BCUT2D eigenvalue weighted by atomic mass is 79.9. The number of pyridine rings is 1. The van der Waals surface area contributed by atoms with Gasteiger partial charge in [-0.1, -0.05) is 26.8 Å². The van der Waals surface area contributed by atoms with E-state index >= 15 is 0 Å². The maximum absolute atomic E-state index is 12.7. The molecule has 1 aromatic rings. The number of halogens is 1. The SMILES string of the molecule is CC(C)(C)[S@@+]([O-])NC(=C1CC(O[Si](C)(C)C(C)(C)C)C1)c1cccc(Br)n1. The van der Waals surface area contributed by atoms with Crippen LogP contribution in [0.4, 0.5) is 0 Å². The minimum Gasteiger partial charge on any atom is -0.593 e. The fourth-order valence-electron chi connectivity index (χ4n) is 2.47. The monoisotopic (exact) mass is 472 g/mol. The Kier molecular flexibility index (Phi) is 6.95. The summed E-state index contributed by atoms with van der Waals surface area (Å²) < 4.78 is 22.9. The zero-order valence-electron chi connectivity index (χ0n) is 17.8. The molecule has 4 nitrogen and oxygen atoms in total. The molecule has 1 N–H and O–H groups in total. The molecule has 0 amide bonds. The first kappa shape index (κ1) is 22.9. The van der Waals surface area contributed by atoms with Gasteiger partial charge >= 0.3 is 0 Å². The third kappa shape index (κ3) is 5.82. The molecule has 0 aliphatic heterocycles. The molecule has 1 saturated carbocycles. The van der Waals surface area contributed by atoms with Crippen LogP contribution in [0.1, 0.15) is 60.1 Å². The Morgan fingerprint density at radius 1 is 1.22 bits per heavy atom. The number of rotatable bonds is 5. The number of nitrogens with one attached hydrogen (secondary N) is 1. The van der Waals surface area contributed by atoms with Gasteiger partial charge in [0.2, 0.25) is 0 Å². The average Bonchev–Trinajstić information content (AvgIpc) is 2.46. The molecule has 27 heavy (non-hydrogen) atoms. The molecule has 0 bridgehead atoms. The summed E-state index contributed by atoms with van der Waals surface area (Å²) >= 11 is 2.24. The molecule has 152 valence electrons. The fourth-order valence-corrected chi connectivity index (χ4v) is 4.91. The van der Waals surface area contributed by atoms with Gasteiger partial charge in [0.1, 0.15) is 15.0 Å². The maximum Gasteiger partial charge on any atom is 0.192 e. The van der Waals surface area contributed by atoms with Crippen molar-refractivity contribution in [1.82, 2.24) is 9.71 Å². The molecule has 0 aromatic carbocycles. The van der Waals surface area contributed by atoms with E-state index in [1.807, 2.05) is 39.0 Å². The molecule has 7 heteroatoms. The van der Waals surface area contributed by atoms with Gasteiger partial charge in [-0.2, -0.15) is 0 Å². The molecule has 1 aliphatic rings. The molecule has 1 aliphatic carbocycles. The normalized spacial score (nSPS) is 19.5.